The minimum absolute atomic E-state index is 1.12. The first-order valence-electron chi connectivity index (χ1n) is 8.05. The third kappa shape index (κ3) is 7.38. The van der Waals surface area contributed by atoms with Gasteiger partial charge in [0.2, 0.25) is 0 Å². The molecule has 2 nitrogen and oxygen atoms in total. The molecule has 0 bridgehead atoms. The van der Waals surface area contributed by atoms with Gasteiger partial charge in [-0.15, -0.1) is 0 Å². The zero-order valence-electron chi connectivity index (χ0n) is 13.4. The standard InChI is InChI=1S/C16H36N2/c1-17(2,3)13-9-6-5-7-10-14-18(4)15-11-8-12-16-18/h5-16H2,1-4H3/q+2. The molecule has 0 spiro atoms. The Hall–Kier alpha value is -0.0800. The Labute approximate surface area is 115 Å². The van der Waals surface area contributed by atoms with E-state index in [1.165, 1.54) is 82.0 Å². The SMILES string of the molecule is C[N+](C)(C)CCCCCCC[N+]1(C)CCCCC1. The predicted octanol–water partition coefficient (Wildman–Crippen LogP) is 3.27. The first-order chi connectivity index (χ1) is 8.41. The molecule has 1 saturated heterocycles. The molecule has 0 aromatic heterocycles. The topological polar surface area (TPSA) is 0 Å². The molecule has 1 heterocycles. The van der Waals surface area contributed by atoms with Crippen LogP contribution in [0.15, 0.2) is 0 Å². The molecule has 0 saturated carbocycles. The Bertz CT molecular complexity index is 212. The first-order valence-corrected chi connectivity index (χ1v) is 8.05. The lowest BCUT2D eigenvalue weighted by Gasteiger charge is -2.37. The molecule has 1 rings (SSSR count). The van der Waals surface area contributed by atoms with E-state index in [0.717, 1.165) is 4.48 Å². The van der Waals surface area contributed by atoms with Crippen LogP contribution in [-0.2, 0) is 0 Å². The largest absolute Gasteiger partial charge is 0.331 e. The van der Waals surface area contributed by atoms with Gasteiger partial charge < -0.3 is 8.97 Å². The zero-order chi connectivity index (χ0) is 13.5. The molecule has 0 unspecified atom stereocenters. The zero-order valence-corrected chi connectivity index (χ0v) is 13.4. The third-order valence-corrected chi connectivity index (χ3v) is 4.42. The molecule has 0 atom stereocenters. The van der Waals surface area contributed by atoms with E-state index in [1.54, 1.807) is 0 Å². The van der Waals surface area contributed by atoms with Gasteiger partial charge in [0.15, 0.2) is 0 Å². The van der Waals surface area contributed by atoms with Gasteiger partial charge in [0.25, 0.3) is 0 Å². The highest BCUT2D eigenvalue weighted by atomic mass is 15.3. The number of hydrogen-bond donors (Lipinski definition) is 0. The molecule has 1 fully saturated rings. The second-order valence-electron chi connectivity index (χ2n) is 7.63. The second-order valence-corrected chi connectivity index (χ2v) is 7.63. The van der Waals surface area contributed by atoms with E-state index in [1.807, 2.05) is 0 Å². The summed E-state index contributed by atoms with van der Waals surface area (Å²) in [4.78, 5) is 0. The minimum Gasteiger partial charge on any atom is -0.331 e. The van der Waals surface area contributed by atoms with Gasteiger partial charge in [0.1, 0.15) is 0 Å². The maximum atomic E-state index is 2.47. The van der Waals surface area contributed by atoms with Gasteiger partial charge in [-0.1, -0.05) is 6.42 Å². The molecular weight excluding hydrogens is 220 g/mol. The number of piperidine rings is 1. The van der Waals surface area contributed by atoms with Crippen molar-refractivity contribution in [1.82, 2.24) is 0 Å². The first kappa shape index (κ1) is 16.0. The van der Waals surface area contributed by atoms with Crippen molar-refractivity contribution in [3.05, 3.63) is 0 Å². The fourth-order valence-corrected chi connectivity index (χ4v) is 3.11. The molecule has 0 aromatic rings. The summed E-state index contributed by atoms with van der Waals surface area (Å²) in [6, 6.07) is 0. The number of likely N-dealkylation sites (tertiary alicyclic amines) is 1. The van der Waals surface area contributed by atoms with E-state index < -0.39 is 0 Å². The summed E-state index contributed by atoms with van der Waals surface area (Å²) in [5.41, 5.74) is 0. The van der Waals surface area contributed by atoms with Gasteiger partial charge >= 0.3 is 0 Å². The second kappa shape index (κ2) is 7.49. The van der Waals surface area contributed by atoms with E-state index in [9.17, 15) is 0 Å². The van der Waals surface area contributed by atoms with Gasteiger partial charge in [-0.05, 0) is 44.9 Å². The highest BCUT2D eigenvalue weighted by molar-refractivity contribution is 4.52. The van der Waals surface area contributed by atoms with E-state index >= 15 is 0 Å². The number of hydrogen-bond acceptors (Lipinski definition) is 0. The van der Waals surface area contributed by atoms with Crippen LogP contribution in [0.5, 0.6) is 0 Å². The summed E-state index contributed by atoms with van der Waals surface area (Å²) in [6.07, 6.45) is 11.6. The third-order valence-electron chi connectivity index (χ3n) is 4.42. The van der Waals surface area contributed by atoms with Crippen LogP contribution < -0.4 is 0 Å². The van der Waals surface area contributed by atoms with Crippen LogP contribution in [0, 0.1) is 0 Å². The summed E-state index contributed by atoms with van der Waals surface area (Å²) in [5.74, 6) is 0. The molecule has 2 heteroatoms. The van der Waals surface area contributed by atoms with Crippen LogP contribution in [0.25, 0.3) is 0 Å². The van der Waals surface area contributed by atoms with Crippen molar-refractivity contribution in [3.63, 3.8) is 0 Å². The summed E-state index contributed by atoms with van der Waals surface area (Å²) >= 11 is 0. The fraction of sp³-hybridized carbons (Fsp3) is 1.00. The lowest BCUT2D eigenvalue weighted by molar-refractivity contribution is -0.914. The minimum atomic E-state index is 1.12. The Morgan fingerprint density at radius 2 is 1.33 bits per heavy atom. The van der Waals surface area contributed by atoms with E-state index in [2.05, 4.69) is 28.2 Å². The van der Waals surface area contributed by atoms with Crippen molar-refractivity contribution in [2.45, 2.75) is 51.4 Å². The van der Waals surface area contributed by atoms with Crippen LogP contribution in [0.2, 0.25) is 0 Å². The van der Waals surface area contributed by atoms with E-state index in [0.29, 0.717) is 0 Å². The van der Waals surface area contributed by atoms with Gasteiger partial charge in [0, 0.05) is 0 Å². The smallest absolute Gasteiger partial charge is 0.0784 e. The Morgan fingerprint density at radius 1 is 0.778 bits per heavy atom. The predicted molar refractivity (Wildman–Crippen MR) is 80.6 cm³/mol. The molecule has 0 aliphatic carbocycles. The molecule has 0 N–H and O–H groups in total. The average molecular weight is 256 g/mol. The van der Waals surface area contributed by atoms with Crippen LogP contribution in [0.1, 0.15) is 51.4 Å². The van der Waals surface area contributed by atoms with Crippen LogP contribution in [-0.4, -0.2) is 63.3 Å². The Morgan fingerprint density at radius 3 is 1.94 bits per heavy atom. The summed E-state index contributed by atoms with van der Waals surface area (Å²) in [7, 11) is 9.35. The molecule has 1 aliphatic rings. The molecule has 1 aliphatic heterocycles. The average Bonchev–Trinajstić information content (AvgIpc) is 2.27. The normalized spacial score (nSPS) is 20.0. The van der Waals surface area contributed by atoms with Crippen molar-refractivity contribution >= 4 is 0 Å². The number of rotatable bonds is 8. The van der Waals surface area contributed by atoms with Crippen molar-refractivity contribution in [2.24, 2.45) is 0 Å². The lowest BCUT2D eigenvalue weighted by atomic mass is 10.1. The van der Waals surface area contributed by atoms with Crippen LogP contribution in [0.4, 0.5) is 0 Å². The molecular formula is C16H36N2+2. The van der Waals surface area contributed by atoms with E-state index in [-0.39, 0.29) is 0 Å². The lowest BCUT2D eigenvalue weighted by Crippen LogP contribution is -2.48. The van der Waals surface area contributed by atoms with Crippen LogP contribution in [0.3, 0.4) is 0 Å². The fourth-order valence-electron chi connectivity index (χ4n) is 3.11. The van der Waals surface area contributed by atoms with Gasteiger partial charge in [0.05, 0.1) is 54.4 Å². The van der Waals surface area contributed by atoms with Crippen molar-refractivity contribution in [3.8, 4) is 0 Å². The van der Waals surface area contributed by atoms with Crippen molar-refractivity contribution in [1.29, 1.82) is 0 Å². The molecule has 0 radical (unpaired) electrons. The molecule has 0 amide bonds. The molecule has 18 heavy (non-hydrogen) atoms. The van der Waals surface area contributed by atoms with Crippen molar-refractivity contribution in [2.75, 3.05) is 54.4 Å². The maximum Gasteiger partial charge on any atom is 0.0784 e. The van der Waals surface area contributed by atoms with Gasteiger partial charge in [-0.3, -0.25) is 0 Å². The number of quaternary nitrogens is 2. The number of unbranched alkanes of at least 4 members (excludes halogenated alkanes) is 4. The summed E-state index contributed by atoms with van der Waals surface area (Å²) in [6.45, 7) is 5.62. The Balaban J connectivity index is 1.95. The Kier molecular flexibility index (Phi) is 6.65. The molecule has 0 aromatic carbocycles. The monoisotopic (exact) mass is 256 g/mol. The highest BCUT2D eigenvalue weighted by Crippen LogP contribution is 2.17. The highest BCUT2D eigenvalue weighted by Gasteiger charge is 2.23. The van der Waals surface area contributed by atoms with Crippen molar-refractivity contribution < 1.29 is 8.97 Å². The maximum absolute atomic E-state index is 2.47. The summed E-state index contributed by atoms with van der Waals surface area (Å²) in [5, 5.41) is 0. The number of nitrogens with zero attached hydrogens (tertiary/aromatic N) is 2. The van der Waals surface area contributed by atoms with Crippen LogP contribution >= 0.6 is 0 Å². The van der Waals surface area contributed by atoms with Gasteiger partial charge in [-0.25, -0.2) is 0 Å². The van der Waals surface area contributed by atoms with Gasteiger partial charge in [-0.2, -0.15) is 0 Å². The van der Waals surface area contributed by atoms with E-state index in [4.69, 9.17) is 0 Å². The summed E-state index contributed by atoms with van der Waals surface area (Å²) < 4.78 is 2.48. The quantitative estimate of drug-likeness (QED) is 0.462. The molecule has 108 valence electrons.